The van der Waals surface area contributed by atoms with Gasteiger partial charge in [-0.2, -0.15) is 0 Å². The number of thioether (sulfide) groups is 2. The number of carbonyl (C=O) groups excluding carboxylic acids is 4. The maximum atomic E-state index is 13.1. The van der Waals surface area contributed by atoms with E-state index < -0.39 is 35.1 Å². The molecule has 0 saturated carbocycles. The number of nitrogens with one attached hydrogen (secondary N) is 2. The molecule has 0 bridgehead atoms. The molecule has 1 saturated heterocycles. The Morgan fingerprint density at radius 1 is 1.38 bits per heavy atom. The van der Waals surface area contributed by atoms with Gasteiger partial charge in [-0.05, 0) is 22.9 Å². The molecule has 2 atom stereocenters. The van der Waals surface area contributed by atoms with Gasteiger partial charge in [0.25, 0.3) is 11.8 Å². The topological polar surface area (TPSA) is 197 Å². The molecule has 0 radical (unpaired) electrons. The van der Waals surface area contributed by atoms with Crippen LogP contribution in [-0.4, -0.2) is 94.9 Å². The Balaban J connectivity index is 0.00000420. The maximum Gasteiger partial charge on any atom is 1.00 e. The number of β-lactam (4-membered cyclic amide) rings is 1. The van der Waals surface area contributed by atoms with E-state index in [0.29, 0.717) is 10.7 Å². The van der Waals surface area contributed by atoms with Gasteiger partial charge in [0.2, 0.25) is 11.1 Å². The summed E-state index contributed by atoms with van der Waals surface area (Å²) >= 11 is 9.06. The molecule has 3 amide bonds. The van der Waals surface area contributed by atoms with Crippen molar-refractivity contribution >= 4 is 81.0 Å². The van der Waals surface area contributed by atoms with Crippen LogP contribution in [0.25, 0.3) is 0 Å². The van der Waals surface area contributed by atoms with E-state index in [9.17, 15) is 24.3 Å². The van der Waals surface area contributed by atoms with Crippen molar-refractivity contribution in [3.8, 4) is 0 Å². The molecule has 2 aromatic rings. The van der Waals surface area contributed by atoms with E-state index >= 15 is 0 Å². The van der Waals surface area contributed by atoms with Gasteiger partial charge in [0.15, 0.2) is 10.8 Å². The first-order valence-corrected chi connectivity index (χ1v) is 14.3. The minimum atomic E-state index is -1.49. The van der Waals surface area contributed by atoms with Gasteiger partial charge in [0.05, 0.1) is 11.7 Å². The van der Waals surface area contributed by atoms with E-state index in [0.717, 1.165) is 16.2 Å². The van der Waals surface area contributed by atoms with Crippen LogP contribution in [0.2, 0.25) is 0 Å². The smallest absolute Gasteiger partial charge is 0.543 e. The van der Waals surface area contributed by atoms with Gasteiger partial charge in [-0.15, -0.1) is 39.8 Å². The Hall–Kier alpha value is -2.22. The summed E-state index contributed by atoms with van der Waals surface area (Å²) in [6, 6.07) is -1.01. The van der Waals surface area contributed by atoms with Crippen molar-refractivity contribution in [3.63, 3.8) is 0 Å². The first-order valence-electron chi connectivity index (χ1n) is 10.8. The van der Waals surface area contributed by atoms with E-state index in [2.05, 4.69) is 36.3 Å². The number of aryl methyl sites for hydroxylation is 1. The van der Waals surface area contributed by atoms with E-state index in [1.807, 2.05) is 0 Å². The predicted octanol–water partition coefficient (Wildman–Crippen LogP) is -4.22. The molecule has 1 fully saturated rings. The molecular weight excluding hydrogens is 605 g/mol. The number of aromatic nitrogens is 5. The minimum Gasteiger partial charge on any atom is -0.543 e. The molecule has 0 unspecified atom stereocenters. The number of tetrazole rings is 1. The van der Waals surface area contributed by atoms with Gasteiger partial charge in [0, 0.05) is 23.9 Å². The van der Waals surface area contributed by atoms with Gasteiger partial charge in [-0.1, -0.05) is 16.9 Å². The van der Waals surface area contributed by atoms with Crippen LogP contribution in [0.5, 0.6) is 0 Å². The normalized spacial score (nSPS) is 18.6. The van der Waals surface area contributed by atoms with Gasteiger partial charge in [0.1, 0.15) is 29.6 Å². The van der Waals surface area contributed by atoms with Crippen molar-refractivity contribution in [2.45, 2.75) is 23.5 Å². The number of amides is 3. The molecule has 2 aliphatic rings. The minimum absolute atomic E-state index is 0. The van der Waals surface area contributed by atoms with E-state index in [1.54, 1.807) is 14.0 Å². The number of thiazole rings is 1. The van der Waals surface area contributed by atoms with E-state index in [4.69, 9.17) is 16.4 Å². The molecule has 4 heterocycles. The standard InChI is InChI=1S/C19H20ClN9O6S3.Na/c1-3-35-25-11(9-7-37-18(21-9)22-10(30)4-20)14(31)23-12-15(32)29-13(17(33)34)8(5-36-16(12)29)6-38-19-24-26-27-28(19)2;/h7,12,16H,3-6H2,1-2H3,(H,23,31)(H,33,34)(H,21,22,30);/q;+1/p-1/t12-,16+;/m1./s1. The van der Waals surface area contributed by atoms with Gasteiger partial charge < -0.3 is 25.4 Å². The fourth-order valence-electron chi connectivity index (χ4n) is 3.41. The van der Waals surface area contributed by atoms with Crippen LogP contribution in [-0.2, 0) is 31.1 Å². The Labute approximate surface area is 260 Å². The van der Waals surface area contributed by atoms with Gasteiger partial charge in [-0.25, -0.2) is 9.67 Å². The molecule has 15 nitrogen and oxygen atoms in total. The zero-order valence-electron chi connectivity index (χ0n) is 20.7. The predicted molar refractivity (Wildman–Crippen MR) is 136 cm³/mol. The van der Waals surface area contributed by atoms with Crippen molar-refractivity contribution < 1.29 is 58.7 Å². The number of nitrogens with zero attached hydrogens (tertiary/aromatic N) is 7. The average Bonchev–Trinajstić information content (AvgIpc) is 3.53. The summed E-state index contributed by atoms with van der Waals surface area (Å²) in [5.74, 6) is -3.08. The number of alkyl halides is 1. The molecule has 2 aromatic heterocycles. The summed E-state index contributed by atoms with van der Waals surface area (Å²) in [6.45, 7) is 1.83. The fourth-order valence-corrected chi connectivity index (χ4v) is 6.53. The van der Waals surface area contributed by atoms with Crippen molar-refractivity contribution in [2.24, 2.45) is 12.2 Å². The summed E-state index contributed by atoms with van der Waals surface area (Å²) in [4.78, 5) is 59.9. The van der Waals surface area contributed by atoms with Crippen molar-refractivity contribution in [1.29, 1.82) is 0 Å². The molecule has 2 N–H and O–H groups in total. The second-order valence-electron chi connectivity index (χ2n) is 7.55. The Morgan fingerprint density at radius 2 is 2.15 bits per heavy atom. The Morgan fingerprint density at radius 3 is 2.79 bits per heavy atom. The number of carboxylic acid groups (broad SMARTS) is 1. The van der Waals surface area contributed by atoms with Crippen LogP contribution in [0.3, 0.4) is 0 Å². The zero-order valence-corrected chi connectivity index (χ0v) is 25.9. The molecule has 0 aromatic carbocycles. The van der Waals surface area contributed by atoms with E-state index in [-0.39, 0.29) is 75.8 Å². The third kappa shape index (κ3) is 6.93. The largest absolute Gasteiger partial charge is 1.00 e. The van der Waals surface area contributed by atoms with Gasteiger partial charge in [-0.3, -0.25) is 19.3 Å². The molecule has 39 heavy (non-hydrogen) atoms. The number of aliphatic carboxylic acids is 1. The van der Waals surface area contributed by atoms with Crippen LogP contribution in [0.1, 0.15) is 12.6 Å². The third-order valence-corrected chi connectivity index (χ3v) is 8.54. The number of anilines is 1. The van der Waals surface area contributed by atoms with Crippen LogP contribution < -0.4 is 45.3 Å². The van der Waals surface area contributed by atoms with Crippen molar-refractivity contribution in [3.05, 3.63) is 22.3 Å². The van der Waals surface area contributed by atoms with Crippen LogP contribution in [0, 0.1) is 0 Å². The molecule has 2 aliphatic heterocycles. The van der Waals surface area contributed by atoms with Crippen LogP contribution >= 0.6 is 46.5 Å². The molecule has 0 aliphatic carbocycles. The number of rotatable bonds is 11. The zero-order chi connectivity index (χ0) is 27.4. The fraction of sp³-hybridized carbons (Fsp3) is 0.421. The Kier molecular flexibility index (Phi) is 11.2. The summed E-state index contributed by atoms with van der Waals surface area (Å²) in [7, 11) is 1.65. The average molecular weight is 624 g/mol. The second kappa shape index (κ2) is 13.9. The molecular formula is C19H19ClN9NaO6S3. The van der Waals surface area contributed by atoms with Crippen LogP contribution in [0.4, 0.5) is 5.13 Å². The summed E-state index contributed by atoms with van der Waals surface area (Å²) in [6.07, 6.45) is 0. The SMILES string of the molecule is CCON=C(C(=O)N[C@@H]1C(=O)N2C(C(=O)[O-])=C(CSc3nnnn3C)CS[C@@H]12)c1csc(NC(=O)CCl)n1.[Na+]. The Bertz CT molecular complexity index is 1340. The first-order chi connectivity index (χ1) is 18.2. The first kappa shape index (κ1) is 31.3. The summed E-state index contributed by atoms with van der Waals surface area (Å²) < 4.78 is 1.45. The monoisotopic (exact) mass is 623 g/mol. The molecule has 202 valence electrons. The number of carbonyl (C=O) groups is 4. The number of halogens is 1. The number of oxime groups is 1. The van der Waals surface area contributed by atoms with E-state index in [1.165, 1.54) is 33.6 Å². The number of hydrogen-bond donors (Lipinski definition) is 2. The van der Waals surface area contributed by atoms with Crippen LogP contribution in [0.15, 0.2) is 27.0 Å². The quantitative estimate of drug-likeness (QED) is 0.0612. The third-order valence-electron chi connectivity index (χ3n) is 5.10. The van der Waals surface area contributed by atoms with Crippen molar-refractivity contribution in [1.82, 2.24) is 35.4 Å². The molecule has 4 rings (SSSR count). The second-order valence-corrected chi connectivity index (χ2v) is 10.7. The summed E-state index contributed by atoms with van der Waals surface area (Å²) in [5.41, 5.74) is 0.143. The molecule has 20 heteroatoms. The summed E-state index contributed by atoms with van der Waals surface area (Å²) in [5, 5.41) is 33.5. The van der Waals surface area contributed by atoms with Crippen molar-refractivity contribution in [2.75, 3.05) is 29.3 Å². The maximum absolute atomic E-state index is 13.1. The number of hydrogen-bond acceptors (Lipinski definition) is 14. The molecule has 0 spiro atoms. The van der Waals surface area contributed by atoms with Gasteiger partial charge >= 0.3 is 29.6 Å². The number of fused-ring (bicyclic) bond motifs is 1. The number of carboxylic acids is 1.